The summed E-state index contributed by atoms with van der Waals surface area (Å²) in [7, 11) is -1.53. The van der Waals surface area contributed by atoms with Gasteiger partial charge in [-0.25, -0.2) is 12.7 Å². The first-order valence-corrected chi connectivity index (χ1v) is 7.29. The van der Waals surface area contributed by atoms with Gasteiger partial charge in [-0.15, -0.1) is 0 Å². The van der Waals surface area contributed by atoms with E-state index in [0.29, 0.717) is 19.6 Å². The molecule has 0 aromatic heterocycles. The molecule has 0 aliphatic carbocycles. The first-order valence-electron chi connectivity index (χ1n) is 5.68. The van der Waals surface area contributed by atoms with Crippen LogP contribution in [0.4, 0.5) is 0 Å². The van der Waals surface area contributed by atoms with E-state index in [1.54, 1.807) is 7.05 Å². The van der Waals surface area contributed by atoms with Crippen LogP contribution in [0.1, 0.15) is 13.3 Å². The molecule has 0 saturated carbocycles. The maximum absolute atomic E-state index is 11.6. The number of sulfonamides is 1. The number of nitrogens with zero attached hydrogens (tertiary/aromatic N) is 1. The van der Waals surface area contributed by atoms with E-state index in [0.717, 1.165) is 5.75 Å². The Morgan fingerprint density at radius 1 is 1.24 bits per heavy atom. The van der Waals surface area contributed by atoms with Crippen molar-refractivity contribution in [3.63, 3.8) is 0 Å². The molecule has 0 spiro atoms. The number of para-hydroxylation sites is 1. The normalized spacial score (nSPS) is 11.7. The Hall–Kier alpha value is -1.07. The highest BCUT2D eigenvalue weighted by Crippen LogP contribution is 2.08. The van der Waals surface area contributed by atoms with Crippen molar-refractivity contribution in [2.45, 2.75) is 13.3 Å². The van der Waals surface area contributed by atoms with Gasteiger partial charge < -0.3 is 4.74 Å². The summed E-state index contributed by atoms with van der Waals surface area (Å²) < 4.78 is 30.1. The summed E-state index contributed by atoms with van der Waals surface area (Å²) in [6.45, 7) is 2.59. The van der Waals surface area contributed by atoms with Gasteiger partial charge in [0, 0.05) is 13.6 Å². The van der Waals surface area contributed by atoms with Crippen molar-refractivity contribution in [2.75, 3.05) is 26.0 Å². The van der Waals surface area contributed by atoms with Crippen LogP contribution >= 0.6 is 0 Å². The molecule has 4 nitrogen and oxygen atoms in total. The third kappa shape index (κ3) is 4.75. The van der Waals surface area contributed by atoms with Crippen molar-refractivity contribution >= 4 is 10.0 Å². The quantitative estimate of drug-likeness (QED) is 0.747. The van der Waals surface area contributed by atoms with Crippen LogP contribution in [0, 0.1) is 0 Å². The van der Waals surface area contributed by atoms with E-state index >= 15 is 0 Å². The number of hydrogen-bond donors (Lipinski definition) is 0. The zero-order valence-electron chi connectivity index (χ0n) is 10.3. The third-order valence-electron chi connectivity index (χ3n) is 2.36. The van der Waals surface area contributed by atoms with Gasteiger partial charge in [0.05, 0.1) is 5.75 Å². The minimum atomic E-state index is -3.11. The van der Waals surface area contributed by atoms with Crippen LogP contribution in [0.2, 0.25) is 0 Å². The molecule has 17 heavy (non-hydrogen) atoms. The Kier molecular flexibility index (Phi) is 5.44. The minimum absolute atomic E-state index is 0.189. The summed E-state index contributed by atoms with van der Waals surface area (Å²) in [5, 5.41) is 0. The zero-order chi connectivity index (χ0) is 12.7. The lowest BCUT2D eigenvalue weighted by Crippen LogP contribution is -2.32. The van der Waals surface area contributed by atoms with Gasteiger partial charge in [0.1, 0.15) is 12.4 Å². The lowest BCUT2D eigenvalue weighted by molar-refractivity contribution is 0.287. The zero-order valence-corrected chi connectivity index (χ0v) is 11.1. The molecule has 1 aromatic carbocycles. The van der Waals surface area contributed by atoms with Crippen LogP contribution in [-0.4, -0.2) is 38.7 Å². The Morgan fingerprint density at radius 3 is 2.47 bits per heavy atom. The lowest BCUT2D eigenvalue weighted by Gasteiger charge is -2.16. The summed E-state index contributed by atoms with van der Waals surface area (Å²) in [5.74, 6) is 0.947. The van der Waals surface area contributed by atoms with Crippen LogP contribution < -0.4 is 4.74 Å². The smallest absolute Gasteiger partial charge is 0.213 e. The fourth-order valence-corrected chi connectivity index (χ4v) is 2.54. The topological polar surface area (TPSA) is 46.6 Å². The van der Waals surface area contributed by atoms with Gasteiger partial charge in [-0.1, -0.05) is 25.1 Å². The van der Waals surface area contributed by atoms with E-state index < -0.39 is 10.0 Å². The molecule has 0 radical (unpaired) electrons. The molecule has 0 fully saturated rings. The highest BCUT2D eigenvalue weighted by molar-refractivity contribution is 7.89. The van der Waals surface area contributed by atoms with Crippen molar-refractivity contribution < 1.29 is 13.2 Å². The summed E-state index contributed by atoms with van der Waals surface area (Å²) in [4.78, 5) is 0. The van der Waals surface area contributed by atoms with Crippen LogP contribution in [0.25, 0.3) is 0 Å². The average Bonchev–Trinajstić information content (AvgIpc) is 2.30. The van der Waals surface area contributed by atoms with Crippen molar-refractivity contribution in [2.24, 2.45) is 0 Å². The highest BCUT2D eigenvalue weighted by atomic mass is 32.2. The average molecular weight is 257 g/mol. The van der Waals surface area contributed by atoms with Crippen molar-refractivity contribution in [1.82, 2.24) is 4.31 Å². The fourth-order valence-electron chi connectivity index (χ4n) is 1.36. The van der Waals surface area contributed by atoms with E-state index in [2.05, 4.69) is 0 Å². The van der Waals surface area contributed by atoms with Gasteiger partial charge >= 0.3 is 0 Å². The SMILES string of the molecule is CCCS(=O)(=O)N(C)CCOc1ccccc1. The second-order valence-corrected chi connectivity index (χ2v) is 5.99. The molecule has 0 N–H and O–H groups in total. The predicted molar refractivity (Wildman–Crippen MR) is 68.6 cm³/mol. The van der Waals surface area contributed by atoms with Crippen molar-refractivity contribution in [1.29, 1.82) is 0 Å². The molecule has 5 heteroatoms. The standard InChI is InChI=1S/C12H19NO3S/c1-3-11-17(14,15)13(2)9-10-16-12-7-5-4-6-8-12/h4-8H,3,9-11H2,1-2H3. The van der Waals surface area contributed by atoms with Crippen LogP contribution in [0.5, 0.6) is 5.75 Å². The summed E-state index contributed by atoms with van der Waals surface area (Å²) in [6, 6.07) is 9.37. The van der Waals surface area contributed by atoms with Gasteiger partial charge in [-0.05, 0) is 18.6 Å². The van der Waals surface area contributed by atoms with Gasteiger partial charge in [0.2, 0.25) is 10.0 Å². The molecule has 96 valence electrons. The molecule has 0 aliphatic heterocycles. The lowest BCUT2D eigenvalue weighted by atomic mass is 10.3. The number of benzene rings is 1. The second kappa shape index (κ2) is 6.61. The molecule has 0 saturated heterocycles. The van der Waals surface area contributed by atoms with E-state index in [1.165, 1.54) is 4.31 Å². The van der Waals surface area contributed by atoms with Crippen LogP contribution in [0.15, 0.2) is 30.3 Å². The summed E-state index contributed by atoms with van der Waals surface area (Å²) >= 11 is 0. The molecule has 1 rings (SSSR count). The summed E-state index contributed by atoms with van der Waals surface area (Å²) in [6.07, 6.45) is 0.631. The Bertz CT molecular complexity index is 417. The molecule has 0 aliphatic rings. The number of hydrogen-bond acceptors (Lipinski definition) is 3. The largest absolute Gasteiger partial charge is 0.492 e. The molecule has 1 aromatic rings. The molecule has 0 unspecified atom stereocenters. The number of rotatable bonds is 7. The second-order valence-electron chi connectivity index (χ2n) is 3.80. The van der Waals surface area contributed by atoms with E-state index in [-0.39, 0.29) is 5.75 Å². The van der Waals surface area contributed by atoms with Crippen molar-refractivity contribution in [3.05, 3.63) is 30.3 Å². The molecule has 0 heterocycles. The Labute approximate surface area is 103 Å². The molecular weight excluding hydrogens is 238 g/mol. The molecular formula is C12H19NO3S. The maximum atomic E-state index is 11.6. The number of likely N-dealkylation sites (N-methyl/N-ethyl adjacent to an activating group) is 1. The van der Waals surface area contributed by atoms with Gasteiger partial charge in [-0.3, -0.25) is 0 Å². The van der Waals surface area contributed by atoms with E-state index in [4.69, 9.17) is 4.74 Å². The third-order valence-corrected chi connectivity index (χ3v) is 4.41. The first-order chi connectivity index (χ1) is 8.06. The van der Waals surface area contributed by atoms with Crippen molar-refractivity contribution in [3.8, 4) is 5.75 Å². The molecule has 0 amide bonds. The molecule has 0 bridgehead atoms. The predicted octanol–water partition coefficient (Wildman–Crippen LogP) is 1.74. The van der Waals surface area contributed by atoms with E-state index in [9.17, 15) is 8.42 Å². The molecule has 0 atom stereocenters. The van der Waals surface area contributed by atoms with Crippen LogP contribution in [-0.2, 0) is 10.0 Å². The number of ether oxygens (including phenoxy) is 1. The maximum Gasteiger partial charge on any atom is 0.213 e. The minimum Gasteiger partial charge on any atom is -0.492 e. The Morgan fingerprint density at radius 2 is 1.88 bits per heavy atom. The van der Waals surface area contributed by atoms with Gasteiger partial charge in [0.25, 0.3) is 0 Å². The Balaban J connectivity index is 2.37. The van der Waals surface area contributed by atoms with Gasteiger partial charge in [-0.2, -0.15) is 0 Å². The summed E-state index contributed by atoms with van der Waals surface area (Å²) in [5.41, 5.74) is 0. The highest BCUT2D eigenvalue weighted by Gasteiger charge is 2.15. The van der Waals surface area contributed by atoms with Crippen LogP contribution in [0.3, 0.4) is 0 Å². The first kappa shape index (κ1) is 14.0. The monoisotopic (exact) mass is 257 g/mol. The van der Waals surface area contributed by atoms with E-state index in [1.807, 2.05) is 37.3 Å². The fraction of sp³-hybridized carbons (Fsp3) is 0.500. The van der Waals surface area contributed by atoms with Gasteiger partial charge in [0.15, 0.2) is 0 Å².